The summed E-state index contributed by atoms with van der Waals surface area (Å²) in [5, 5.41) is 0. The fourth-order valence-electron chi connectivity index (χ4n) is 2.16. The Bertz CT molecular complexity index is 372. The lowest BCUT2D eigenvalue weighted by Crippen LogP contribution is -2.27. The van der Waals surface area contributed by atoms with Crippen LogP contribution in [0.25, 0.3) is 0 Å². The third-order valence-corrected chi connectivity index (χ3v) is 3.20. The monoisotopic (exact) mass is 218 g/mol. The van der Waals surface area contributed by atoms with Gasteiger partial charge in [-0.2, -0.15) is 0 Å². The van der Waals surface area contributed by atoms with Gasteiger partial charge in [-0.3, -0.25) is 9.69 Å². The van der Waals surface area contributed by atoms with Gasteiger partial charge in [-0.1, -0.05) is 29.8 Å². The molecule has 86 valence electrons. The SMILES string of the molecule is Cc1ccc(CN2CCC(C(N)=O)C2)cc1. The summed E-state index contributed by atoms with van der Waals surface area (Å²) in [5.41, 5.74) is 7.89. The van der Waals surface area contributed by atoms with Gasteiger partial charge in [-0.25, -0.2) is 0 Å². The summed E-state index contributed by atoms with van der Waals surface area (Å²) in [6.45, 7) is 4.79. The Labute approximate surface area is 96.2 Å². The summed E-state index contributed by atoms with van der Waals surface area (Å²) in [7, 11) is 0. The molecule has 2 N–H and O–H groups in total. The van der Waals surface area contributed by atoms with Crippen molar-refractivity contribution < 1.29 is 4.79 Å². The summed E-state index contributed by atoms with van der Waals surface area (Å²) in [6, 6.07) is 8.54. The number of amides is 1. The highest BCUT2D eigenvalue weighted by Gasteiger charge is 2.26. The third-order valence-electron chi connectivity index (χ3n) is 3.20. The molecule has 3 heteroatoms. The Kier molecular flexibility index (Phi) is 3.25. The second-order valence-corrected chi connectivity index (χ2v) is 4.61. The van der Waals surface area contributed by atoms with E-state index in [1.165, 1.54) is 11.1 Å². The molecule has 1 heterocycles. The van der Waals surface area contributed by atoms with E-state index in [1.807, 2.05) is 0 Å². The molecule has 1 aliphatic heterocycles. The molecular weight excluding hydrogens is 200 g/mol. The van der Waals surface area contributed by atoms with Crippen LogP contribution < -0.4 is 5.73 Å². The van der Waals surface area contributed by atoms with Crippen molar-refractivity contribution in [3.05, 3.63) is 35.4 Å². The molecule has 1 aromatic carbocycles. The van der Waals surface area contributed by atoms with Gasteiger partial charge in [0.1, 0.15) is 0 Å². The van der Waals surface area contributed by atoms with Gasteiger partial charge >= 0.3 is 0 Å². The molecule has 1 aliphatic rings. The molecule has 1 atom stereocenters. The van der Waals surface area contributed by atoms with E-state index in [-0.39, 0.29) is 11.8 Å². The lowest BCUT2D eigenvalue weighted by Gasteiger charge is -2.15. The predicted octanol–water partition coefficient (Wildman–Crippen LogP) is 1.30. The summed E-state index contributed by atoms with van der Waals surface area (Å²) < 4.78 is 0. The minimum Gasteiger partial charge on any atom is -0.369 e. The van der Waals surface area contributed by atoms with Crippen molar-refractivity contribution in [3.63, 3.8) is 0 Å². The van der Waals surface area contributed by atoms with Gasteiger partial charge in [0.2, 0.25) is 5.91 Å². The number of likely N-dealkylation sites (tertiary alicyclic amines) is 1. The van der Waals surface area contributed by atoms with Crippen LogP contribution in [-0.4, -0.2) is 23.9 Å². The molecule has 0 aliphatic carbocycles. The van der Waals surface area contributed by atoms with Crippen LogP contribution in [0, 0.1) is 12.8 Å². The minimum absolute atomic E-state index is 0.0467. The highest BCUT2D eigenvalue weighted by atomic mass is 16.1. The Morgan fingerprint density at radius 2 is 2.12 bits per heavy atom. The number of aryl methyl sites for hydroxylation is 1. The first-order valence-electron chi connectivity index (χ1n) is 5.72. The molecule has 0 saturated carbocycles. The van der Waals surface area contributed by atoms with Crippen molar-refractivity contribution in [3.8, 4) is 0 Å². The summed E-state index contributed by atoms with van der Waals surface area (Å²) >= 11 is 0. The Morgan fingerprint density at radius 1 is 1.44 bits per heavy atom. The van der Waals surface area contributed by atoms with Crippen LogP contribution in [0.3, 0.4) is 0 Å². The van der Waals surface area contributed by atoms with Crippen LogP contribution in [0.5, 0.6) is 0 Å². The van der Waals surface area contributed by atoms with Gasteiger partial charge in [0.15, 0.2) is 0 Å². The summed E-state index contributed by atoms with van der Waals surface area (Å²) in [5.74, 6) is -0.114. The molecule has 1 saturated heterocycles. The van der Waals surface area contributed by atoms with E-state index in [2.05, 4.69) is 36.1 Å². The maximum Gasteiger partial charge on any atom is 0.221 e. The summed E-state index contributed by atoms with van der Waals surface area (Å²) in [6.07, 6.45) is 0.904. The number of primary amides is 1. The van der Waals surface area contributed by atoms with Crippen LogP contribution in [0.4, 0.5) is 0 Å². The topological polar surface area (TPSA) is 46.3 Å². The van der Waals surface area contributed by atoms with Crippen molar-refractivity contribution >= 4 is 5.91 Å². The van der Waals surface area contributed by atoms with Gasteiger partial charge in [0.05, 0.1) is 5.92 Å². The van der Waals surface area contributed by atoms with Crippen LogP contribution in [0.1, 0.15) is 17.5 Å². The molecule has 1 fully saturated rings. The van der Waals surface area contributed by atoms with E-state index >= 15 is 0 Å². The molecule has 0 aromatic heterocycles. The second-order valence-electron chi connectivity index (χ2n) is 4.61. The number of hydrogen-bond donors (Lipinski definition) is 1. The lowest BCUT2D eigenvalue weighted by atomic mass is 10.1. The van der Waals surface area contributed by atoms with Crippen LogP contribution >= 0.6 is 0 Å². The fourth-order valence-corrected chi connectivity index (χ4v) is 2.16. The average molecular weight is 218 g/mol. The quantitative estimate of drug-likeness (QED) is 0.831. The molecule has 0 bridgehead atoms. The first-order valence-corrected chi connectivity index (χ1v) is 5.72. The second kappa shape index (κ2) is 4.66. The Balaban J connectivity index is 1.92. The summed E-state index contributed by atoms with van der Waals surface area (Å²) in [4.78, 5) is 13.3. The first kappa shape index (κ1) is 11.1. The van der Waals surface area contributed by atoms with Crippen LogP contribution in [0.15, 0.2) is 24.3 Å². The molecule has 1 aromatic rings. The standard InChI is InChI=1S/C13H18N2O/c1-10-2-4-11(5-3-10)8-15-7-6-12(9-15)13(14)16/h2-5,12H,6-9H2,1H3,(H2,14,16). The zero-order valence-electron chi connectivity index (χ0n) is 9.65. The number of nitrogens with zero attached hydrogens (tertiary/aromatic N) is 1. The Morgan fingerprint density at radius 3 is 2.69 bits per heavy atom. The third kappa shape index (κ3) is 2.61. The van der Waals surface area contributed by atoms with Crippen molar-refractivity contribution in [2.24, 2.45) is 11.7 Å². The minimum atomic E-state index is -0.161. The van der Waals surface area contributed by atoms with Crippen molar-refractivity contribution in [1.82, 2.24) is 4.90 Å². The van der Waals surface area contributed by atoms with E-state index < -0.39 is 0 Å². The number of benzene rings is 1. The zero-order valence-corrected chi connectivity index (χ0v) is 9.65. The van der Waals surface area contributed by atoms with Crippen molar-refractivity contribution in [2.45, 2.75) is 19.9 Å². The number of nitrogens with two attached hydrogens (primary N) is 1. The molecule has 0 radical (unpaired) electrons. The number of carbonyl (C=O) groups excluding carboxylic acids is 1. The van der Waals surface area contributed by atoms with E-state index in [0.29, 0.717) is 0 Å². The van der Waals surface area contributed by atoms with Gasteiger partial charge in [-0.15, -0.1) is 0 Å². The van der Waals surface area contributed by atoms with Gasteiger partial charge in [0.25, 0.3) is 0 Å². The maximum absolute atomic E-state index is 11.0. The molecular formula is C13H18N2O. The smallest absolute Gasteiger partial charge is 0.221 e. The van der Waals surface area contributed by atoms with E-state index in [9.17, 15) is 4.79 Å². The van der Waals surface area contributed by atoms with E-state index in [4.69, 9.17) is 5.73 Å². The van der Waals surface area contributed by atoms with Crippen molar-refractivity contribution in [1.29, 1.82) is 0 Å². The molecule has 2 rings (SSSR count). The molecule has 1 unspecified atom stereocenters. The molecule has 0 spiro atoms. The molecule has 16 heavy (non-hydrogen) atoms. The highest BCUT2D eigenvalue weighted by Crippen LogP contribution is 2.18. The molecule has 1 amide bonds. The number of hydrogen-bond acceptors (Lipinski definition) is 2. The zero-order chi connectivity index (χ0) is 11.5. The number of rotatable bonds is 3. The predicted molar refractivity (Wildman–Crippen MR) is 63.8 cm³/mol. The normalized spacial score (nSPS) is 21.2. The van der Waals surface area contributed by atoms with Gasteiger partial charge < -0.3 is 5.73 Å². The largest absolute Gasteiger partial charge is 0.369 e. The highest BCUT2D eigenvalue weighted by molar-refractivity contribution is 5.77. The first-order chi connectivity index (χ1) is 7.65. The van der Waals surface area contributed by atoms with Crippen molar-refractivity contribution in [2.75, 3.05) is 13.1 Å². The molecule has 3 nitrogen and oxygen atoms in total. The van der Waals surface area contributed by atoms with Crippen LogP contribution in [0.2, 0.25) is 0 Å². The van der Waals surface area contributed by atoms with Gasteiger partial charge in [0, 0.05) is 13.1 Å². The van der Waals surface area contributed by atoms with E-state index in [0.717, 1.165) is 26.1 Å². The van der Waals surface area contributed by atoms with Gasteiger partial charge in [-0.05, 0) is 25.5 Å². The van der Waals surface area contributed by atoms with E-state index in [1.54, 1.807) is 0 Å². The fraction of sp³-hybridized carbons (Fsp3) is 0.462. The maximum atomic E-state index is 11.0. The average Bonchev–Trinajstić information content (AvgIpc) is 2.70. The Hall–Kier alpha value is -1.35. The number of carbonyl (C=O) groups is 1. The lowest BCUT2D eigenvalue weighted by molar-refractivity contribution is -0.121. The van der Waals surface area contributed by atoms with Crippen LogP contribution in [-0.2, 0) is 11.3 Å².